The third-order valence-electron chi connectivity index (χ3n) is 2.62. The molecular weight excluding hydrogens is 230 g/mol. The molecule has 1 aromatic rings. The fourth-order valence-electron chi connectivity index (χ4n) is 1.67. The maximum absolute atomic E-state index is 11.7. The number of hydrogen-bond acceptors (Lipinski definition) is 3. The molecule has 0 fully saturated rings. The molecule has 96 valence electrons. The van der Waals surface area contributed by atoms with Gasteiger partial charge in [-0.3, -0.25) is 4.79 Å². The van der Waals surface area contributed by atoms with Crippen LogP contribution in [0.4, 0.5) is 0 Å². The van der Waals surface area contributed by atoms with Crippen molar-refractivity contribution in [1.29, 1.82) is 0 Å². The molecule has 2 nitrogen and oxygen atoms in total. The van der Waals surface area contributed by atoms with E-state index in [1.54, 1.807) is 11.3 Å². The molecule has 1 aromatic heterocycles. The topological polar surface area (TPSA) is 29.1 Å². The molecule has 0 bridgehead atoms. The average Bonchev–Trinajstić information content (AvgIpc) is 2.72. The first-order chi connectivity index (χ1) is 8.11. The van der Waals surface area contributed by atoms with Crippen molar-refractivity contribution in [3.8, 4) is 0 Å². The van der Waals surface area contributed by atoms with Gasteiger partial charge in [-0.05, 0) is 31.5 Å². The van der Waals surface area contributed by atoms with Crippen LogP contribution in [0, 0.1) is 0 Å². The van der Waals surface area contributed by atoms with Crippen molar-refractivity contribution < 1.29 is 4.79 Å². The van der Waals surface area contributed by atoms with Crippen LogP contribution in [0.5, 0.6) is 0 Å². The third-order valence-corrected chi connectivity index (χ3v) is 3.85. The molecule has 0 aliphatic rings. The summed E-state index contributed by atoms with van der Waals surface area (Å²) in [5, 5.41) is 3.33. The van der Waals surface area contributed by atoms with Crippen molar-refractivity contribution in [2.45, 2.75) is 52.5 Å². The second kappa shape index (κ2) is 7.62. The second-order valence-corrected chi connectivity index (χ2v) is 5.90. The van der Waals surface area contributed by atoms with Crippen LogP contribution in [0.2, 0.25) is 0 Å². The summed E-state index contributed by atoms with van der Waals surface area (Å²) in [5.41, 5.74) is 0. The number of carbonyl (C=O) groups excluding carboxylic acids is 1. The summed E-state index contributed by atoms with van der Waals surface area (Å²) in [6, 6.07) is 4.73. The first-order valence-corrected chi connectivity index (χ1v) is 7.26. The molecule has 0 spiro atoms. The van der Waals surface area contributed by atoms with Gasteiger partial charge in [0.25, 0.3) is 0 Å². The van der Waals surface area contributed by atoms with Crippen LogP contribution in [-0.2, 0) is 17.6 Å². The second-order valence-electron chi connectivity index (χ2n) is 4.65. The van der Waals surface area contributed by atoms with Gasteiger partial charge >= 0.3 is 0 Å². The van der Waals surface area contributed by atoms with Crippen LogP contribution < -0.4 is 5.32 Å². The number of carbonyl (C=O) groups is 1. The van der Waals surface area contributed by atoms with Gasteiger partial charge < -0.3 is 5.32 Å². The summed E-state index contributed by atoms with van der Waals surface area (Å²) in [7, 11) is 0. The maximum atomic E-state index is 11.7. The zero-order valence-electron chi connectivity index (χ0n) is 11.1. The standard InChI is InChI=1S/C14H23NOS/c1-4-13-7-8-14(17-13)10-12(16)6-5-9-15-11(2)3/h7-8,11,15H,4-6,9-10H2,1-3H3. The number of aryl methyl sites for hydroxylation is 1. The molecule has 0 atom stereocenters. The van der Waals surface area contributed by atoms with Gasteiger partial charge in [0, 0.05) is 28.6 Å². The maximum Gasteiger partial charge on any atom is 0.138 e. The summed E-state index contributed by atoms with van der Waals surface area (Å²) in [6.45, 7) is 7.34. The molecular formula is C14H23NOS. The van der Waals surface area contributed by atoms with Crippen molar-refractivity contribution >= 4 is 17.1 Å². The SMILES string of the molecule is CCc1ccc(CC(=O)CCCNC(C)C)s1. The summed E-state index contributed by atoms with van der Waals surface area (Å²) in [5.74, 6) is 0.361. The van der Waals surface area contributed by atoms with Gasteiger partial charge in [0.1, 0.15) is 5.78 Å². The lowest BCUT2D eigenvalue weighted by molar-refractivity contribution is -0.118. The van der Waals surface area contributed by atoms with E-state index >= 15 is 0 Å². The number of hydrogen-bond donors (Lipinski definition) is 1. The van der Waals surface area contributed by atoms with Crippen LogP contribution in [0.15, 0.2) is 12.1 Å². The highest BCUT2D eigenvalue weighted by Crippen LogP contribution is 2.18. The van der Waals surface area contributed by atoms with E-state index in [-0.39, 0.29) is 0 Å². The molecule has 0 aromatic carbocycles. The van der Waals surface area contributed by atoms with E-state index in [1.807, 2.05) is 0 Å². The first-order valence-electron chi connectivity index (χ1n) is 6.44. The molecule has 3 heteroatoms. The van der Waals surface area contributed by atoms with Crippen molar-refractivity contribution in [2.24, 2.45) is 0 Å². The minimum atomic E-state index is 0.361. The first kappa shape index (κ1) is 14.4. The molecule has 1 heterocycles. The fourth-order valence-corrected chi connectivity index (χ4v) is 2.65. The van der Waals surface area contributed by atoms with Gasteiger partial charge in [-0.1, -0.05) is 20.8 Å². The van der Waals surface area contributed by atoms with Crippen molar-refractivity contribution in [1.82, 2.24) is 5.32 Å². The Balaban J connectivity index is 2.20. The predicted octanol–water partition coefficient (Wildman–Crippen LogP) is 3.20. The predicted molar refractivity (Wildman–Crippen MR) is 74.8 cm³/mol. The minimum Gasteiger partial charge on any atom is -0.315 e. The highest BCUT2D eigenvalue weighted by Gasteiger charge is 2.06. The van der Waals surface area contributed by atoms with E-state index in [4.69, 9.17) is 0 Å². The minimum absolute atomic E-state index is 0.361. The summed E-state index contributed by atoms with van der Waals surface area (Å²) in [6.07, 6.45) is 3.33. The fraction of sp³-hybridized carbons (Fsp3) is 0.643. The molecule has 0 amide bonds. The highest BCUT2D eigenvalue weighted by molar-refractivity contribution is 7.12. The Morgan fingerprint density at radius 3 is 2.65 bits per heavy atom. The van der Waals surface area contributed by atoms with E-state index in [0.29, 0.717) is 24.7 Å². The van der Waals surface area contributed by atoms with Crippen molar-refractivity contribution in [2.75, 3.05) is 6.54 Å². The number of Topliss-reactive ketones (excluding diaryl/α,β-unsaturated/α-hetero) is 1. The lowest BCUT2D eigenvalue weighted by Gasteiger charge is -2.06. The van der Waals surface area contributed by atoms with E-state index in [9.17, 15) is 4.79 Å². The van der Waals surface area contributed by atoms with Crippen molar-refractivity contribution in [3.05, 3.63) is 21.9 Å². The Kier molecular flexibility index (Phi) is 6.45. The molecule has 17 heavy (non-hydrogen) atoms. The molecule has 0 aliphatic heterocycles. The Morgan fingerprint density at radius 1 is 1.35 bits per heavy atom. The van der Waals surface area contributed by atoms with E-state index in [1.165, 1.54) is 9.75 Å². The average molecular weight is 253 g/mol. The van der Waals surface area contributed by atoms with Gasteiger partial charge in [-0.2, -0.15) is 0 Å². The van der Waals surface area contributed by atoms with Crippen LogP contribution in [0.25, 0.3) is 0 Å². The van der Waals surface area contributed by atoms with Gasteiger partial charge in [-0.25, -0.2) is 0 Å². The zero-order valence-corrected chi connectivity index (χ0v) is 11.9. The normalized spacial score (nSPS) is 11.1. The van der Waals surface area contributed by atoms with Gasteiger partial charge in [-0.15, -0.1) is 11.3 Å². The molecule has 0 saturated carbocycles. The van der Waals surface area contributed by atoms with E-state index in [0.717, 1.165) is 19.4 Å². The Labute approximate surface area is 108 Å². The number of rotatable bonds is 8. The lowest BCUT2D eigenvalue weighted by Crippen LogP contribution is -2.24. The monoisotopic (exact) mass is 253 g/mol. The molecule has 0 aliphatic carbocycles. The largest absolute Gasteiger partial charge is 0.315 e. The Morgan fingerprint density at radius 2 is 2.06 bits per heavy atom. The lowest BCUT2D eigenvalue weighted by atomic mass is 10.1. The van der Waals surface area contributed by atoms with Crippen LogP contribution >= 0.6 is 11.3 Å². The van der Waals surface area contributed by atoms with Crippen molar-refractivity contribution in [3.63, 3.8) is 0 Å². The number of thiophene rings is 1. The van der Waals surface area contributed by atoms with Gasteiger partial charge in [0.15, 0.2) is 0 Å². The Bertz CT molecular complexity index is 344. The van der Waals surface area contributed by atoms with E-state index in [2.05, 4.69) is 38.2 Å². The highest BCUT2D eigenvalue weighted by atomic mass is 32.1. The van der Waals surface area contributed by atoms with Crippen LogP contribution in [-0.4, -0.2) is 18.4 Å². The third kappa shape index (κ3) is 5.99. The van der Waals surface area contributed by atoms with Gasteiger partial charge in [0.2, 0.25) is 0 Å². The Hall–Kier alpha value is -0.670. The smallest absolute Gasteiger partial charge is 0.138 e. The number of ketones is 1. The van der Waals surface area contributed by atoms with Crippen LogP contribution in [0.3, 0.4) is 0 Å². The molecule has 0 radical (unpaired) electrons. The number of nitrogens with one attached hydrogen (secondary N) is 1. The summed E-state index contributed by atoms with van der Waals surface area (Å²) < 4.78 is 0. The van der Waals surface area contributed by atoms with Crippen LogP contribution in [0.1, 0.15) is 43.4 Å². The van der Waals surface area contributed by atoms with Gasteiger partial charge in [0.05, 0.1) is 0 Å². The zero-order chi connectivity index (χ0) is 12.7. The quantitative estimate of drug-likeness (QED) is 0.721. The molecule has 0 unspecified atom stereocenters. The summed E-state index contributed by atoms with van der Waals surface area (Å²) >= 11 is 1.77. The molecule has 0 saturated heterocycles. The van der Waals surface area contributed by atoms with E-state index < -0.39 is 0 Å². The molecule has 1 rings (SSSR count). The summed E-state index contributed by atoms with van der Waals surface area (Å²) in [4.78, 5) is 14.3. The molecule has 1 N–H and O–H groups in total.